The fraction of sp³-hybridized carbons (Fsp3) is 0.429. The van der Waals surface area contributed by atoms with Crippen molar-refractivity contribution in [3.8, 4) is 0 Å². The zero-order valence-corrected chi connectivity index (χ0v) is 7.03. The summed E-state index contributed by atoms with van der Waals surface area (Å²) in [5.74, 6) is -1.18. The molecular weight excluding hydrogens is 174 g/mol. The van der Waals surface area contributed by atoms with Crippen LogP contribution in [0.5, 0.6) is 0 Å². The van der Waals surface area contributed by atoms with Crippen LogP contribution in [-0.4, -0.2) is 23.3 Å². The average molecular weight is 183 g/mol. The molecule has 0 aromatic carbocycles. The monoisotopic (exact) mass is 183 g/mol. The number of rotatable bonds is 1. The zero-order chi connectivity index (χ0) is 10.0. The van der Waals surface area contributed by atoms with Gasteiger partial charge in [0.2, 0.25) is 0 Å². The van der Waals surface area contributed by atoms with E-state index in [1.807, 2.05) is 5.43 Å². The van der Waals surface area contributed by atoms with E-state index in [0.29, 0.717) is 0 Å². The molecule has 1 unspecified atom stereocenters. The van der Waals surface area contributed by atoms with E-state index in [2.05, 4.69) is 5.10 Å². The highest BCUT2D eigenvalue weighted by molar-refractivity contribution is 6.51. The van der Waals surface area contributed by atoms with Crippen molar-refractivity contribution in [1.29, 1.82) is 0 Å². The Morgan fingerprint density at radius 1 is 1.62 bits per heavy atom. The summed E-state index contributed by atoms with van der Waals surface area (Å²) in [6.45, 7) is 1.51. The maximum atomic E-state index is 11.2. The van der Waals surface area contributed by atoms with Crippen molar-refractivity contribution in [3.63, 3.8) is 0 Å². The molecule has 1 saturated carbocycles. The lowest BCUT2D eigenvalue weighted by molar-refractivity contribution is -0.125. The van der Waals surface area contributed by atoms with Crippen LogP contribution in [0.3, 0.4) is 0 Å². The molecule has 0 spiro atoms. The topological polar surface area (TPSA) is 102 Å². The minimum Gasteiger partial charge on any atom is -0.350 e. The maximum absolute atomic E-state index is 11.2. The molecule has 0 aliphatic heterocycles. The lowest BCUT2D eigenvalue weighted by Crippen LogP contribution is -2.27. The van der Waals surface area contributed by atoms with E-state index in [4.69, 9.17) is 5.73 Å². The minimum absolute atomic E-state index is 0.0275. The Bertz CT molecular complexity index is 308. The van der Waals surface area contributed by atoms with Crippen molar-refractivity contribution in [3.05, 3.63) is 0 Å². The van der Waals surface area contributed by atoms with Gasteiger partial charge >= 0.3 is 6.03 Å². The summed E-state index contributed by atoms with van der Waals surface area (Å²) in [6.07, 6.45) is -0.0275. The lowest BCUT2D eigenvalue weighted by Gasteiger charge is -1.94. The van der Waals surface area contributed by atoms with Crippen molar-refractivity contribution < 1.29 is 14.4 Å². The average Bonchev–Trinajstić information content (AvgIpc) is 2.29. The highest BCUT2D eigenvalue weighted by Crippen LogP contribution is 2.14. The summed E-state index contributed by atoms with van der Waals surface area (Å²) in [4.78, 5) is 32.4. The molecule has 6 heteroatoms. The highest BCUT2D eigenvalue weighted by atomic mass is 16.2. The Labute approximate surface area is 74.2 Å². The first-order valence-corrected chi connectivity index (χ1v) is 3.71. The van der Waals surface area contributed by atoms with Gasteiger partial charge in [0.15, 0.2) is 5.78 Å². The predicted octanol–water partition coefficient (Wildman–Crippen LogP) is -0.811. The summed E-state index contributed by atoms with van der Waals surface area (Å²) in [5, 5.41) is 3.43. The van der Waals surface area contributed by atoms with E-state index in [0.717, 1.165) is 0 Å². The normalized spacial score (nSPS) is 25.3. The van der Waals surface area contributed by atoms with Gasteiger partial charge in [-0.2, -0.15) is 5.10 Å². The van der Waals surface area contributed by atoms with Gasteiger partial charge in [-0.1, -0.05) is 0 Å². The number of nitrogens with one attached hydrogen (secondary N) is 1. The molecule has 70 valence electrons. The Balaban J connectivity index is 2.74. The number of urea groups is 1. The van der Waals surface area contributed by atoms with Gasteiger partial charge in [-0.15, -0.1) is 0 Å². The Morgan fingerprint density at radius 3 is 2.62 bits per heavy atom. The van der Waals surface area contributed by atoms with Crippen LogP contribution in [0.25, 0.3) is 0 Å². The second-order valence-electron chi connectivity index (χ2n) is 2.76. The molecule has 0 aromatic rings. The number of hydrazone groups is 1. The van der Waals surface area contributed by atoms with Crippen molar-refractivity contribution in [2.75, 3.05) is 0 Å². The minimum atomic E-state index is -0.854. The molecule has 1 atom stereocenters. The van der Waals surface area contributed by atoms with Gasteiger partial charge in [0, 0.05) is 0 Å². The molecule has 2 amide bonds. The number of primary amides is 1. The Kier molecular flexibility index (Phi) is 2.41. The van der Waals surface area contributed by atoms with E-state index in [1.54, 1.807) is 0 Å². The number of nitrogens with two attached hydrogens (primary N) is 1. The smallest absolute Gasteiger partial charge is 0.332 e. The predicted molar refractivity (Wildman–Crippen MR) is 43.9 cm³/mol. The van der Waals surface area contributed by atoms with E-state index >= 15 is 0 Å². The van der Waals surface area contributed by atoms with E-state index in [1.165, 1.54) is 6.92 Å². The number of carbonyl (C=O) groups excluding carboxylic acids is 3. The van der Waals surface area contributed by atoms with E-state index in [9.17, 15) is 14.4 Å². The SMILES string of the molecule is CC1C(=O)C/C(=N/NC(N)=O)C1=O. The van der Waals surface area contributed by atoms with Crippen molar-refractivity contribution in [1.82, 2.24) is 5.43 Å². The molecule has 0 aromatic heterocycles. The standard InChI is InChI=1S/C7H9N3O3/c1-3-5(11)2-4(6(3)12)9-10-7(8)13/h3H,2H2,1H3,(H3,8,10,13)/b9-4-. The fourth-order valence-corrected chi connectivity index (χ4v) is 1.02. The molecule has 0 radical (unpaired) electrons. The van der Waals surface area contributed by atoms with Crippen LogP contribution in [0, 0.1) is 5.92 Å². The zero-order valence-electron chi connectivity index (χ0n) is 7.03. The molecule has 0 heterocycles. The highest BCUT2D eigenvalue weighted by Gasteiger charge is 2.34. The fourth-order valence-electron chi connectivity index (χ4n) is 1.02. The molecule has 1 aliphatic rings. The summed E-state index contributed by atoms with van der Waals surface area (Å²) < 4.78 is 0. The summed E-state index contributed by atoms with van der Waals surface area (Å²) >= 11 is 0. The van der Waals surface area contributed by atoms with Crippen LogP contribution in [0.2, 0.25) is 0 Å². The number of hydrogen-bond donors (Lipinski definition) is 2. The first kappa shape index (κ1) is 9.37. The van der Waals surface area contributed by atoms with Gasteiger partial charge in [-0.3, -0.25) is 9.59 Å². The molecule has 0 bridgehead atoms. The van der Waals surface area contributed by atoms with Crippen molar-refractivity contribution >= 4 is 23.3 Å². The molecule has 3 N–H and O–H groups in total. The molecular formula is C7H9N3O3. The third kappa shape index (κ3) is 1.90. The Morgan fingerprint density at radius 2 is 2.23 bits per heavy atom. The van der Waals surface area contributed by atoms with E-state index < -0.39 is 11.9 Å². The number of Topliss-reactive ketones (excluding diaryl/α,β-unsaturated/α-hetero) is 2. The first-order valence-electron chi connectivity index (χ1n) is 3.71. The van der Waals surface area contributed by atoms with Gasteiger partial charge < -0.3 is 5.73 Å². The second kappa shape index (κ2) is 3.34. The third-order valence-electron chi connectivity index (χ3n) is 1.80. The second-order valence-corrected chi connectivity index (χ2v) is 2.76. The number of hydrogen-bond acceptors (Lipinski definition) is 4. The quantitative estimate of drug-likeness (QED) is 0.410. The van der Waals surface area contributed by atoms with Gasteiger partial charge in [0.25, 0.3) is 0 Å². The van der Waals surface area contributed by atoms with Crippen LogP contribution in [-0.2, 0) is 9.59 Å². The maximum Gasteiger partial charge on any atom is 0.332 e. The molecule has 6 nitrogen and oxygen atoms in total. The first-order chi connectivity index (χ1) is 6.02. The van der Waals surface area contributed by atoms with Crippen LogP contribution in [0.4, 0.5) is 4.79 Å². The van der Waals surface area contributed by atoms with Gasteiger partial charge in [0.1, 0.15) is 11.5 Å². The van der Waals surface area contributed by atoms with Gasteiger partial charge in [-0.25, -0.2) is 10.2 Å². The van der Waals surface area contributed by atoms with Crippen molar-refractivity contribution in [2.24, 2.45) is 16.8 Å². The molecule has 1 fully saturated rings. The number of ketones is 2. The van der Waals surface area contributed by atoms with Gasteiger partial charge in [0.05, 0.1) is 12.3 Å². The van der Waals surface area contributed by atoms with Crippen LogP contribution >= 0.6 is 0 Å². The largest absolute Gasteiger partial charge is 0.350 e. The van der Waals surface area contributed by atoms with Crippen LogP contribution < -0.4 is 11.2 Å². The summed E-state index contributed by atoms with van der Waals surface area (Å²) in [6, 6.07) is -0.854. The summed E-state index contributed by atoms with van der Waals surface area (Å²) in [7, 11) is 0. The molecule has 1 rings (SSSR count). The summed E-state index contributed by atoms with van der Waals surface area (Å²) in [5.41, 5.74) is 6.71. The Hall–Kier alpha value is -1.72. The number of amides is 2. The molecule has 13 heavy (non-hydrogen) atoms. The third-order valence-corrected chi connectivity index (χ3v) is 1.80. The van der Waals surface area contributed by atoms with Gasteiger partial charge in [-0.05, 0) is 6.92 Å². The molecule has 0 saturated heterocycles. The van der Waals surface area contributed by atoms with E-state index in [-0.39, 0.29) is 23.7 Å². The number of nitrogens with zero attached hydrogens (tertiary/aromatic N) is 1. The van der Waals surface area contributed by atoms with Crippen molar-refractivity contribution in [2.45, 2.75) is 13.3 Å². The number of carbonyl (C=O) groups is 3. The van der Waals surface area contributed by atoms with Crippen LogP contribution in [0.15, 0.2) is 5.10 Å². The lowest BCUT2D eigenvalue weighted by atomic mass is 10.1. The molecule has 1 aliphatic carbocycles. The van der Waals surface area contributed by atoms with Crippen LogP contribution in [0.1, 0.15) is 13.3 Å².